The van der Waals surface area contributed by atoms with E-state index in [1.54, 1.807) is 0 Å². The molecule has 0 heterocycles. The number of phenols is 2. The Kier molecular flexibility index (Phi) is 4.17. The van der Waals surface area contributed by atoms with E-state index in [0.717, 1.165) is 6.07 Å². The number of aromatic carboxylic acids is 2. The standard InChI is InChI=1S/C15H12O7/c16-11-1-2-13(17)10(4-11)7-22-12-5-8(14(18)19)3-9(6-12)15(20)21/h1-6,16-17H,7H2,(H,18,19)(H,20,21). The SMILES string of the molecule is O=C(O)c1cc(OCc2cc(O)ccc2O)cc(C(=O)O)c1. The third kappa shape index (κ3) is 3.45. The quantitative estimate of drug-likeness (QED) is 0.623. The van der Waals surface area contributed by atoms with Gasteiger partial charge in [-0.2, -0.15) is 0 Å². The van der Waals surface area contributed by atoms with Crippen molar-refractivity contribution in [2.24, 2.45) is 0 Å². The summed E-state index contributed by atoms with van der Waals surface area (Å²) in [7, 11) is 0. The normalized spacial score (nSPS) is 10.2. The van der Waals surface area contributed by atoms with Crippen LogP contribution in [-0.2, 0) is 6.61 Å². The maximum absolute atomic E-state index is 11.0. The molecule has 0 atom stereocenters. The molecule has 0 saturated carbocycles. The van der Waals surface area contributed by atoms with Crippen LogP contribution in [0.15, 0.2) is 36.4 Å². The molecule has 0 aliphatic heterocycles. The molecule has 0 aromatic heterocycles. The highest BCUT2D eigenvalue weighted by molar-refractivity contribution is 5.94. The zero-order valence-electron chi connectivity index (χ0n) is 11.2. The lowest BCUT2D eigenvalue weighted by molar-refractivity contribution is 0.0696. The van der Waals surface area contributed by atoms with Crippen LogP contribution in [0.2, 0.25) is 0 Å². The Morgan fingerprint density at radius 3 is 2.05 bits per heavy atom. The molecule has 2 aromatic rings. The Balaban J connectivity index is 2.27. The van der Waals surface area contributed by atoms with Crippen molar-refractivity contribution in [2.45, 2.75) is 6.61 Å². The lowest BCUT2D eigenvalue weighted by Crippen LogP contribution is -2.04. The molecule has 0 radical (unpaired) electrons. The zero-order valence-corrected chi connectivity index (χ0v) is 11.2. The molecule has 7 heteroatoms. The number of hydrogen-bond acceptors (Lipinski definition) is 5. The molecule has 0 saturated heterocycles. The molecule has 114 valence electrons. The Morgan fingerprint density at radius 1 is 0.909 bits per heavy atom. The van der Waals surface area contributed by atoms with Gasteiger partial charge in [-0.15, -0.1) is 0 Å². The fourth-order valence-corrected chi connectivity index (χ4v) is 1.78. The van der Waals surface area contributed by atoms with Crippen molar-refractivity contribution in [3.63, 3.8) is 0 Å². The van der Waals surface area contributed by atoms with Crippen LogP contribution in [0, 0.1) is 0 Å². The first-order chi connectivity index (χ1) is 10.4. The molecule has 4 N–H and O–H groups in total. The minimum atomic E-state index is -1.28. The van der Waals surface area contributed by atoms with Crippen molar-refractivity contribution in [3.05, 3.63) is 53.1 Å². The van der Waals surface area contributed by atoms with E-state index in [1.807, 2.05) is 0 Å². The van der Waals surface area contributed by atoms with Crippen molar-refractivity contribution >= 4 is 11.9 Å². The second kappa shape index (κ2) is 6.04. The van der Waals surface area contributed by atoms with Gasteiger partial charge in [-0.25, -0.2) is 9.59 Å². The Labute approximate surface area is 124 Å². The number of benzene rings is 2. The third-order valence-corrected chi connectivity index (χ3v) is 2.86. The largest absolute Gasteiger partial charge is 0.508 e. The van der Waals surface area contributed by atoms with Gasteiger partial charge in [-0.1, -0.05) is 0 Å². The fourth-order valence-electron chi connectivity index (χ4n) is 1.78. The van der Waals surface area contributed by atoms with Crippen molar-refractivity contribution in [2.75, 3.05) is 0 Å². The Hall–Kier alpha value is -3.22. The lowest BCUT2D eigenvalue weighted by Gasteiger charge is -2.10. The van der Waals surface area contributed by atoms with E-state index >= 15 is 0 Å². The summed E-state index contributed by atoms with van der Waals surface area (Å²) in [5, 5.41) is 36.9. The number of hydrogen-bond donors (Lipinski definition) is 4. The second-order valence-corrected chi connectivity index (χ2v) is 4.46. The lowest BCUT2D eigenvalue weighted by atomic mass is 10.1. The van der Waals surface area contributed by atoms with Gasteiger partial charge >= 0.3 is 11.9 Å². The van der Waals surface area contributed by atoms with Gasteiger partial charge in [0.25, 0.3) is 0 Å². The number of carboxylic acid groups (broad SMARTS) is 2. The monoisotopic (exact) mass is 304 g/mol. The van der Waals surface area contributed by atoms with E-state index in [0.29, 0.717) is 0 Å². The molecule has 0 fully saturated rings. The van der Waals surface area contributed by atoms with E-state index in [2.05, 4.69) is 0 Å². The molecule has 0 aliphatic carbocycles. The van der Waals surface area contributed by atoms with Crippen LogP contribution in [0.1, 0.15) is 26.3 Å². The fraction of sp³-hybridized carbons (Fsp3) is 0.0667. The van der Waals surface area contributed by atoms with Gasteiger partial charge < -0.3 is 25.2 Å². The highest BCUT2D eigenvalue weighted by atomic mass is 16.5. The van der Waals surface area contributed by atoms with Crippen LogP contribution in [-0.4, -0.2) is 32.4 Å². The Morgan fingerprint density at radius 2 is 1.50 bits per heavy atom. The highest BCUT2D eigenvalue weighted by Crippen LogP contribution is 2.25. The predicted molar refractivity (Wildman–Crippen MR) is 74.5 cm³/mol. The molecule has 0 unspecified atom stereocenters. The molecule has 0 bridgehead atoms. The summed E-state index contributed by atoms with van der Waals surface area (Å²) in [6.45, 7) is -0.164. The molecular formula is C15H12O7. The summed E-state index contributed by atoms with van der Waals surface area (Å²) in [5.41, 5.74) is -0.178. The predicted octanol–water partition coefficient (Wildman–Crippen LogP) is 2.07. The molecule has 7 nitrogen and oxygen atoms in total. The van der Waals surface area contributed by atoms with Crippen LogP contribution in [0.3, 0.4) is 0 Å². The van der Waals surface area contributed by atoms with Gasteiger partial charge in [-0.05, 0) is 36.4 Å². The first kappa shape index (κ1) is 15.2. The van der Waals surface area contributed by atoms with Gasteiger partial charge in [0.15, 0.2) is 0 Å². The molecular weight excluding hydrogens is 292 g/mol. The number of rotatable bonds is 5. The van der Waals surface area contributed by atoms with E-state index < -0.39 is 11.9 Å². The van der Waals surface area contributed by atoms with Gasteiger partial charge in [-0.3, -0.25) is 0 Å². The summed E-state index contributed by atoms with van der Waals surface area (Å²) in [6.07, 6.45) is 0. The average Bonchev–Trinajstić information content (AvgIpc) is 2.47. The Bertz CT molecular complexity index is 704. The number of ether oxygens (including phenoxy) is 1. The number of phenolic OH excluding ortho intramolecular Hbond substituents is 2. The first-order valence-corrected chi connectivity index (χ1v) is 6.12. The summed E-state index contributed by atoms with van der Waals surface area (Å²) in [5.74, 6) is -2.71. The van der Waals surface area contributed by atoms with E-state index in [9.17, 15) is 19.8 Å². The van der Waals surface area contributed by atoms with Crippen molar-refractivity contribution < 1.29 is 34.8 Å². The van der Waals surface area contributed by atoms with Crippen LogP contribution >= 0.6 is 0 Å². The topological polar surface area (TPSA) is 124 Å². The van der Waals surface area contributed by atoms with Crippen LogP contribution in [0.5, 0.6) is 17.2 Å². The molecule has 0 amide bonds. The zero-order chi connectivity index (χ0) is 16.3. The smallest absolute Gasteiger partial charge is 0.335 e. The third-order valence-electron chi connectivity index (χ3n) is 2.86. The molecule has 2 rings (SSSR count). The highest BCUT2D eigenvalue weighted by Gasteiger charge is 2.13. The van der Waals surface area contributed by atoms with Crippen LogP contribution in [0.4, 0.5) is 0 Å². The van der Waals surface area contributed by atoms with Gasteiger partial charge in [0.05, 0.1) is 11.1 Å². The van der Waals surface area contributed by atoms with Gasteiger partial charge in [0.2, 0.25) is 0 Å². The first-order valence-electron chi connectivity index (χ1n) is 6.12. The van der Waals surface area contributed by atoms with Crippen LogP contribution < -0.4 is 4.74 Å². The summed E-state index contributed by atoms with van der Waals surface area (Å²) in [4.78, 5) is 22.0. The molecule has 0 aliphatic rings. The van der Waals surface area contributed by atoms with Crippen molar-refractivity contribution in [1.82, 2.24) is 0 Å². The minimum Gasteiger partial charge on any atom is -0.508 e. The molecule has 2 aromatic carbocycles. The number of carbonyl (C=O) groups is 2. The number of aromatic hydroxyl groups is 2. The molecule has 22 heavy (non-hydrogen) atoms. The van der Waals surface area contributed by atoms with Gasteiger partial charge in [0.1, 0.15) is 23.9 Å². The minimum absolute atomic E-state index is 0.0278. The van der Waals surface area contributed by atoms with E-state index in [1.165, 1.54) is 30.3 Å². The van der Waals surface area contributed by atoms with Crippen molar-refractivity contribution in [3.8, 4) is 17.2 Å². The summed E-state index contributed by atoms with van der Waals surface area (Å²) < 4.78 is 5.31. The second-order valence-electron chi connectivity index (χ2n) is 4.46. The van der Waals surface area contributed by atoms with Gasteiger partial charge in [0, 0.05) is 5.56 Å². The molecule has 0 spiro atoms. The summed E-state index contributed by atoms with van der Waals surface area (Å²) >= 11 is 0. The number of carboxylic acids is 2. The van der Waals surface area contributed by atoms with E-state index in [4.69, 9.17) is 14.9 Å². The maximum atomic E-state index is 11.0. The van der Waals surface area contributed by atoms with Crippen molar-refractivity contribution in [1.29, 1.82) is 0 Å². The maximum Gasteiger partial charge on any atom is 0.335 e. The van der Waals surface area contributed by atoms with E-state index in [-0.39, 0.29) is 40.5 Å². The average molecular weight is 304 g/mol. The van der Waals surface area contributed by atoms with Crippen LogP contribution in [0.25, 0.3) is 0 Å². The summed E-state index contributed by atoms with van der Waals surface area (Å²) in [6, 6.07) is 7.23.